The van der Waals surface area contributed by atoms with Gasteiger partial charge in [-0.2, -0.15) is 0 Å². The molecule has 0 bridgehead atoms. The molecule has 0 radical (unpaired) electrons. The minimum absolute atomic E-state index is 0.0722. The third-order valence-corrected chi connectivity index (χ3v) is 7.10. The molecule has 0 spiro atoms. The number of ether oxygens (including phenoxy) is 1. The van der Waals surface area contributed by atoms with E-state index in [9.17, 15) is 29.3 Å². The molecule has 5 amide bonds. The number of nitrogens with two attached hydrogens (primary N) is 2. The van der Waals surface area contributed by atoms with Gasteiger partial charge in [-0.3, -0.25) is 19.8 Å². The molecular weight excluding hydrogens is 446 g/mol. The molecule has 0 saturated carbocycles. The molecule has 0 aromatic heterocycles. The lowest BCUT2D eigenvalue weighted by Gasteiger charge is -2.38. The van der Waals surface area contributed by atoms with Gasteiger partial charge in [-0.05, 0) is 17.7 Å². The summed E-state index contributed by atoms with van der Waals surface area (Å²) in [6.07, 6.45) is 0. The number of non-ortho nitro benzene ring substituents is 1. The van der Waals surface area contributed by atoms with Crippen molar-refractivity contribution < 1.29 is 28.8 Å². The number of fused-ring (bicyclic) bond motifs is 1. The number of nitro benzene ring substituents is 1. The molecule has 4 rings (SSSR count). The van der Waals surface area contributed by atoms with E-state index in [2.05, 4.69) is 5.43 Å². The van der Waals surface area contributed by atoms with Gasteiger partial charge < -0.3 is 21.1 Å². The average molecular weight is 465 g/mol. The second kappa shape index (κ2) is 7.83. The number of benzene rings is 1. The lowest BCUT2D eigenvalue weighted by molar-refractivity contribution is -0.384. The number of nitro groups is 1. The van der Waals surface area contributed by atoms with Crippen molar-refractivity contribution in [2.45, 2.75) is 22.9 Å². The molecule has 1 aromatic rings. The van der Waals surface area contributed by atoms with Crippen molar-refractivity contribution in [1.29, 1.82) is 0 Å². The van der Waals surface area contributed by atoms with Gasteiger partial charge in [0, 0.05) is 18.7 Å². The molecule has 3 saturated heterocycles. The van der Waals surface area contributed by atoms with Crippen molar-refractivity contribution in [2.75, 3.05) is 19.6 Å². The summed E-state index contributed by atoms with van der Waals surface area (Å²) in [6, 6.07) is 3.05. The van der Waals surface area contributed by atoms with E-state index < -0.39 is 39.2 Å². The molecule has 1 aromatic carbocycles. The summed E-state index contributed by atoms with van der Waals surface area (Å²) in [7, 11) is 0. The number of hydrogen-bond acceptors (Lipinski definition) is 9. The Morgan fingerprint density at radius 1 is 1.28 bits per heavy atom. The monoisotopic (exact) mass is 465 g/mol. The van der Waals surface area contributed by atoms with Gasteiger partial charge in [0.05, 0.1) is 18.0 Å². The van der Waals surface area contributed by atoms with Crippen LogP contribution in [-0.2, 0) is 20.9 Å². The van der Waals surface area contributed by atoms with Crippen LogP contribution in [0.5, 0.6) is 0 Å². The van der Waals surface area contributed by atoms with Crippen molar-refractivity contribution in [3.05, 3.63) is 39.9 Å². The van der Waals surface area contributed by atoms with E-state index in [1.54, 1.807) is 0 Å². The van der Waals surface area contributed by atoms with E-state index in [1.807, 2.05) is 0 Å². The Hall–Kier alpha value is -3.59. The number of rotatable bonds is 6. The third-order valence-electron chi connectivity index (χ3n) is 5.41. The van der Waals surface area contributed by atoms with E-state index in [0.717, 1.165) is 16.8 Å². The predicted molar refractivity (Wildman–Crippen MR) is 108 cm³/mol. The fourth-order valence-corrected chi connectivity index (χ4v) is 5.41. The highest BCUT2D eigenvalue weighted by molar-refractivity contribution is 8.02. The molecule has 0 aliphatic carbocycles. The van der Waals surface area contributed by atoms with E-state index in [1.165, 1.54) is 34.1 Å². The maximum atomic E-state index is 13.3. The van der Waals surface area contributed by atoms with Gasteiger partial charge in [0.15, 0.2) is 0 Å². The maximum absolute atomic E-state index is 13.3. The molecule has 3 aliphatic heterocycles. The molecule has 3 fully saturated rings. The normalized spacial score (nSPS) is 26.6. The molecular formula is C17H19N7O7S. The summed E-state index contributed by atoms with van der Waals surface area (Å²) in [5.41, 5.74) is 13.5. The molecule has 0 unspecified atom stereocenters. The molecule has 32 heavy (non-hydrogen) atoms. The number of primary amides is 1. The number of hydrazine groups is 1. The summed E-state index contributed by atoms with van der Waals surface area (Å²) >= 11 is 1.04. The van der Waals surface area contributed by atoms with Gasteiger partial charge in [-0.1, -0.05) is 11.8 Å². The standard InChI is InChI=1S/C17H19N7O7S/c18-11-12(25)21-8-17(32-13(11)21,22-5-6-23(16(22)28)20-15(19)27)14(26)31-7-9-1-3-10(4-2-9)24(29)30/h1-4,11,13H,5-8,18H2,(H3,19,20,27)/t11-,13-,17-/m1/s1. The number of thioether (sulfide) groups is 1. The molecule has 14 nitrogen and oxygen atoms in total. The molecule has 170 valence electrons. The van der Waals surface area contributed by atoms with Gasteiger partial charge in [0.2, 0.25) is 10.8 Å². The second-order valence-electron chi connectivity index (χ2n) is 7.35. The smallest absolute Gasteiger partial charge is 0.345 e. The number of nitrogens with zero attached hydrogens (tertiary/aromatic N) is 4. The number of urea groups is 2. The fourth-order valence-electron chi connectivity index (χ4n) is 3.78. The third kappa shape index (κ3) is 3.44. The number of β-lactam (4-membered cyclic amide) rings is 1. The predicted octanol–water partition coefficient (Wildman–Crippen LogP) is -1.10. The SMILES string of the molecule is NC(=O)NN1CCN([C@]2(C(=O)OCc3ccc([N+](=O)[O-])cc3)CN3C(=O)[C@@H](N)[C@H]3S2)C1=O. The van der Waals surface area contributed by atoms with Crippen molar-refractivity contribution in [1.82, 2.24) is 20.2 Å². The van der Waals surface area contributed by atoms with Crippen LogP contribution < -0.4 is 16.9 Å². The number of carbonyl (C=O) groups is 4. The van der Waals surface area contributed by atoms with Gasteiger partial charge in [0.25, 0.3) is 5.69 Å². The highest BCUT2D eigenvalue weighted by atomic mass is 32.2. The second-order valence-corrected chi connectivity index (χ2v) is 8.74. The Bertz CT molecular complexity index is 1010. The quantitative estimate of drug-likeness (QED) is 0.202. The zero-order valence-electron chi connectivity index (χ0n) is 16.5. The van der Waals surface area contributed by atoms with Crippen LogP contribution in [0.2, 0.25) is 0 Å². The first-order chi connectivity index (χ1) is 15.1. The summed E-state index contributed by atoms with van der Waals surface area (Å²) in [5, 5.41) is 11.3. The first kappa shape index (κ1) is 21.6. The number of nitrogens with one attached hydrogen (secondary N) is 1. The summed E-state index contributed by atoms with van der Waals surface area (Å²) in [4.78, 5) is 60.7. The first-order valence-corrected chi connectivity index (χ1v) is 10.3. The van der Waals surface area contributed by atoms with Crippen LogP contribution in [0.1, 0.15) is 5.56 Å². The van der Waals surface area contributed by atoms with Crippen molar-refractivity contribution in [2.24, 2.45) is 11.5 Å². The zero-order chi connectivity index (χ0) is 23.2. The molecule has 3 heterocycles. The number of amides is 5. The van der Waals surface area contributed by atoms with Gasteiger partial charge in [0.1, 0.15) is 18.0 Å². The van der Waals surface area contributed by atoms with Crippen LogP contribution in [0.15, 0.2) is 24.3 Å². The van der Waals surface area contributed by atoms with Crippen LogP contribution in [0.3, 0.4) is 0 Å². The van der Waals surface area contributed by atoms with Crippen LogP contribution in [0.4, 0.5) is 15.3 Å². The number of carbonyl (C=O) groups excluding carboxylic acids is 4. The average Bonchev–Trinajstić information content (AvgIpc) is 3.31. The zero-order valence-corrected chi connectivity index (χ0v) is 17.3. The van der Waals surface area contributed by atoms with Gasteiger partial charge >= 0.3 is 18.0 Å². The Kier molecular flexibility index (Phi) is 5.29. The largest absolute Gasteiger partial charge is 0.458 e. The summed E-state index contributed by atoms with van der Waals surface area (Å²) in [5.74, 6) is -1.11. The Labute approximate surface area is 184 Å². The van der Waals surface area contributed by atoms with Crippen molar-refractivity contribution >= 4 is 41.4 Å². The fraction of sp³-hybridized carbons (Fsp3) is 0.412. The van der Waals surface area contributed by atoms with Gasteiger partial charge in [-0.15, -0.1) is 0 Å². The Morgan fingerprint density at radius 2 is 1.97 bits per heavy atom. The van der Waals surface area contributed by atoms with E-state index in [-0.39, 0.29) is 37.8 Å². The van der Waals surface area contributed by atoms with Crippen LogP contribution in [0.25, 0.3) is 0 Å². The number of hydrogen-bond donors (Lipinski definition) is 3. The van der Waals surface area contributed by atoms with Crippen LogP contribution in [0, 0.1) is 10.1 Å². The molecule has 3 atom stereocenters. The molecule has 5 N–H and O–H groups in total. The maximum Gasteiger partial charge on any atom is 0.345 e. The summed E-state index contributed by atoms with van der Waals surface area (Å²) < 4.78 is 5.45. The minimum atomic E-state index is -1.57. The van der Waals surface area contributed by atoms with Crippen molar-refractivity contribution in [3.8, 4) is 0 Å². The molecule has 15 heteroatoms. The van der Waals surface area contributed by atoms with E-state index in [0.29, 0.717) is 5.56 Å². The van der Waals surface area contributed by atoms with Crippen LogP contribution >= 0.6 is 11.8 Å². The highest BCUT2D eigenvalue weighted by Crippen LogP contribution is 2.49. The lowest BCUT2D eigenvalue weighted by atomic mass is 10.1. The van der Waals surface area contributed by atoms with E-state index in [4.69, 9.17) is 16.2 Å². The summed E-state index contributed by atoms with van der Waals surface area (Å²) in [6.45, 7) is -0.174. The highest BCUT2D eigenvalue weighted by Gasteiger charge is 2.65. The topological polar surface area (TPSA) is 194 Å². The van der Waals surface area contributed by atoms with Crippen LogP contribution in [-0.4, -0.2) is 79.6 Å². The Balaban J connectivity index is 1.54. The lowest BCUT2D eigenvalue weighted by Crippen LogP contribution is -2.65. The van der Waals surface area contributed by atoms with Gasteiger partial charge in [-0.25, -0.2) is 24.8 Å². The van der Waals surface area contributed by atoms with Crippen molar-refractivity contribution in [3.63, 3.8) is 0 Å². The number of esters is 1. The molecule has 3 aliphatic rings. The Morgan fingerprint density at radius 3 is 2.56 bits per heavy atom. The first-order valence-electron chi connectivity index (χ1n) is 9.44. The minimum Gasteiger partial charge on any atom is -0.458 e. The van der Waals surface area contributed by atoms with E-state index >= 15 is 0 Å².